The molecule has 86 valence electrons. The van der Waals surface area contributed by atoms with Gasteiger partial charge < -0.3 is 4.90 Å². The summed E-state index contributed by atoms with van der Waals surface area (Å²) in [6, 6.07) is 1.83. The molecule has 1 unspecified atom stereocenters. The monoisotopic (exact) mass is 301 g/mol. The minimum absolute atomic E-state index is 0.0280. The lowest BCUT2D eigenvalue weighted by atomic mass is 9.98. The van der Waals surface area contributed by atoms with E-state index in [1.165, 1.54) is 11.3 Å². The summed E-state index contributed by atoms with van der Waals surface area (Å²) in [5.74, 6) is 0.261. The number of hydrogen-bond acceptors (Lipinski definition) is 3. The second-order valence-electron chi connectivity index (χ2n) is 4.01. The van der Waals surface area contributed by atoms with Crippen molar-refractivity contribution in [1.29, 1.82) is 0 Å². The van der Waals surface area contributed by atoms with E-state index >= 15 is 0 Å². The van der Waals surface area contributed by atoms with Gasteiger partial charge in [0.25, 0.3) is 5.91 Å². The van der Waals surface area contributed by atoms with Gasteiger partial charge in [-0.25, -0.2) is 0 Å². The molecule has 0 saturated carbocycles. The van der Waals surface area contributed by atoms with Gasteiger partial charge in [0.2, 0.25) is 0 Å². The highest BCUT2D eigenvalue weighted by Gasteiger charge is 2.27. The van der Waals surface area contributed by atoms with E-state index in [9.17, 15) is 9.59 Å². The van der Waals surface area contributed by atoms with E-state index < -0.39 is 0 Å². The Morgan fingerprint density at radius 1 is 1.62 bits per heavy atom. The molecule has 1 aliphatic heterocycles. The van der Waals surface area contributed by atoms with Gasteiger partial charge in [-0.05, 0) is 22.0 Å². The first kappa shape index (κ1) is 11.8. The van der Waals surface area contributed by atoms with Crippen molar-refractivity contribution in [2.75, 3.05) is 13.1 Å². The van der Waals surface area contributed by atoms with Gasteiger partial charge in [0.05, 0.1) is 9.35 Å². The van der Waals surface area contributed by atoms with Crippen molar-refractivity contribution in [2.24, 2.45) is 5.92 Å². The second-order valence-corrected chi connectivity index (χ2v) is 6.30. The molecule has 0 bridgehead atoms. The molecule has 1 amide bonds. The number of likely N-dealkylation sites (tertiary alicyclic amines) is 1. The van der Waals surface area contributed by atoms with E-state index in [-0.39, 0.29) is 17.6 Å². The Labute approximate surface area is 107 Å². The third kappa shape index (κ3) is 2.35. The van der Waals surface area contributed by atoms with E-state index in [0.29, 0.717) is 25.1 Å². The fraction of sp³-hybridized carbons (Fsp3) is 0.455. The van der Waals surface area contributed by atoms with Gasteiger partial charge in [-0.1, -0.05) is 6.92 Å². The number of ketones is 1. The first-order chi connectivity index (χ1) is 7.58. The van der Waals surface area contributed by atoms with Gasteiger partial charge in [0, 0.05) is 30.8 Å². The highest BCUT2D eigenvalue weighted by atomic mass is 79.9. The molecule has 1 atom stereocenters. The molecule has 3 nitrogen and oxygen atoms in total. The molecule has 2 rings (SSSR count). The van der Waals surface area contributed by atoms with E-state index in [2.05, 4.69) is 15.9 Å². The van der Waals surface area contributed by atoms with Crippen LogP contribution in [0.1, 0.15) is 23.7 Å². The zero-order valence-corrected chi connectivity index (χ0v) is 11.3. The lowest BCUT2D eigenvalue weighted by molar-refractivity contribution is -0.124. The highest BCUT2D eigenvalue weighted by molar-refractivity contribution is 9.11. The Morgan fingerprint density at radius 2 is 2.38 bits per heavy atom. The van der Waals surface area contributed by atoms with Gasteiger partial charge >= 0.3 is 0 Å². The number of carbonyl (C=O) groups is 2. The third-order valence-electron chi connectivity index (χ3n) is 2.77. The summed E-state index contributed by atoms with van der Waals surface area (Å²) in [5, 5.41) is 1.84. The maximum absolute atomic E-state index is 12.1. The SMILES string of the molecule is CC1CN(C(=O)c2csc(Br)c2)CCC1=O. The van der Waals surface area contributed by atoms with Crippen LogP contribution >= 0.6 is 27.3 Å². The average molecular weight is 302 g/mol. The van der Waals surface area contributed by atoms with Crippen molar-refractivity contribution < 1.29 is 9.59 Å². The van der Waals surface area contributed by atoms with Gasteiger partial charge in [0.1, 0.15) is 5.78 Å². The number of thiophene rings is 1. The Kier molecular flexibility index (Phi) is 3.44. The zero-order chi connectivity index (χ0) is 11.7. The lowest BCUT2D eigenvalue weighted by Crippen LogP contribution is -2.43. The lowest BCUT2D eigenvalue weighted by Gasteiger charge is -2.29. The molecule has 1 fully saturated rings. The molecular formula is C11H12BrNO2S. The first-order valence-corrected chi connectivity index (χ1v) is 6.81. The standard InChI is InChI=1S/C11H12BrNO2S/c1-7-5-13(3-2-9(7)14)11(15)8-4-10(12)16-6-8/h4,6-7H,2-3,5H2,1H3. The average Bonchev–Trinajstić information content (AvgIpc) is 2.68. The minimum atomic E-state index is -0.0280. The summed E-state index contributed by atoms with van der Waals surface area (Å²) in [7, 11) is 0. The summed E-state index contributed by atoms with van der Waals surface area (Å²) in [5.41, 5.74) is 0.707. The zero-order valence-electron chi connectivity index (χ0n) is 8.90. The van der Waals surface area contributed by atoms with Crippen molar-refractivity contribution >= 4 is 39.0 Å². The Hall–Kier alpha value is -0.680. The number of piperidine rings is 1. The maximum atomic E-state index is 12.1. The molecule has 0 spiro atoms. The Morgan fingerprint density at radius 3 is 2.94 bits per heavy atom. The second kappa shape index (κ2) is 4.67. The molecule has 5 heteroatoms. The van der Waals surface area contributed by atoms with Gasteiger partial charge in [-0.15, -0.1) is 11.3 Å². The van der Waals surface area contributed by atoms with Crippen molar-refractivity contribution in [2.45, 2.75) is 13.3 Å². The van der Waals surface area contributed by atoms with Crippen LogP contribution in [0.25, 0.3) is 0 Å². The van der Waals surface area contributed by atoms with Crippen LogP contribution in [0.15, 0.2) is 15.2 Å². The molecule has 0 N–H and O–H groups in total. The topological polar surface area (TPSA) is 37.4 Å². The predicted octanol–water partition coefficient (Wildman–Crippen LogP) is 2.56. The summed E-state index contributed by atoms with van der Waals surface area (Å²) in [6.45, 7) is 2.98. The van der Waals surface area contributed by atoms with Crippen LogP contribution in [-0.4, -0.2) is 29.7 Å². The fourth-order valence-electron chi connectivity index (χ4n) is 1.80. The fourth-order valence-corrected chi connectivity index (χ4v) is 2.93. The smallest absolute Gasteiger partial charge is 0.254 e. The molecule has 1 saturated heterocycles. The molecule has 0 aromatic carbocycles. The molecule has 1 aromatic heterocycles. The normalized spacial score (nSPS) is 21.2. The van der Waals surface area contributed by atoms with Crippen LogP contribution in [0.2, 0.25) is 0 Å². The number of halogens is 1. The van der Waals surface area contributed by atoms with Crippen molar-refractivity contribution in [1.82, 2.24) is 4.90 Å². The molecule has 1 aromatic rings. The van der Waals surface area contributed by atoms with Gasteiger partial charge in [0.15, 0.2) is 0 Å². The number of nitrogens with zero attached hydrogens (tertiary/aromatic N) is 1. The summed E-state index contributed by atoms with van der Waals surface area (Å²) >= 11 is 4.84. The largest absolute Gasteiger partial charge is 0.337 e. The van der Waals surface area contributed by atoms with Gasteiger partial charge in [-0.3, -0.25) is 9.59 Å². The quantitative estimate of drug-likeness (QED) is 0.799. The number of carbonyl (C=O) groups excluding carboxylic acids is 2. The van der Waals surface area contributed by atoms with E-state index in [1.807, 2.05) is 18.4 Å². The Bertz CT molecular complexity index is 429. The first-order valence-electron chi connectivity index (χ1n) is 5.14. The summed E-state index contributed by atoms with van der Waals surface area (Å²) in [6.07, 6.45) is 0.484. The predicted molar refractivity (Wildman–Crippen MR) is 66.7 cm³/mol. The van der Waals surface area contributed by atoms with Crippen molar-refractivity contribution in [3.05, 3.63) is 20.8 Å². The van der Waals surface area contributed by atoms with Crippen LogP contribution < -0.4 is 0 Å². The molecule has 2 heterocycles. The van der Waals surface area contributed by atoms with E-state index in [0.717, 1.165) is 3.79 Å². The number of rotatable bonds is 1. The molecule has 16 heavy (non-hydrogen) atoms. The maximum Gasteiger partial charge on any atom is 0.254 e. The number of amides is 1. The molecule has 1 aliphatic rings. The Balaban J connectivity index is 2.08. The third-order valence-corrected chi connectivity index (χ3v) is 4.28. The van der Waals surface area contributed by atoms with Gasteiger partial charge in [-0.2, -0.15) is 0 Å². The molecule has 0 aliphatic carbocycles. The molecular weight excluding hydrogens is 290 g/mol. The number of Topliss-reactive ketones (excluding diaryl/α,β-unsaturated/α-hetero) is 1. The van der Waals surface area contributed by atoms with E-state index in [4.69, 9.17) is 0 Å². The minimum Gasteiger partial charge on any atom is -0.337 e. The van der Waals surface area contributed by atoms with Crippen LogP contribution in [-0.2, 0) is 4.79 Å². The van der Waals surface area contributed by atoms with Crippen molar-refractivity contribution in [3.63, 3.8) is 0 Å². The molecule has 0 radical (unpaired) electrons. The van der Waals surface area contributed by atoms with Crippen molar-refractivity contribution in [3.8, 4) is 0 Å². The number of hydrogen-bond donors (Lipinski definition) is 0. The summed E-state index contributed by atoms with van der Waals surface area (Å²) in [4.78, 5) is 25.2. The van der Waals surface area contributed by atoms with Crippen LogP contribution in [0.3, 0.4) is 0 Å². The van der Waals surface area contributed by atoms with E-state index in [1.54, 1.807) is 4.90 Å². The summed E-state index contributed by atoms with van der Waals surface area (Å²) < 4.78 is 0.956. The van der Waals surface area contributed by atoms with Crippen LogP contribution in [0.5, 0.6) is 0 Å². The highest BCUT2D eigenvalue weighted by Crippen LogP contribution is 2.23. The van der Waals surface area contributed by atoms with Crippen LogP contribution in [0, 0.1) is 5.92 Å². The van der Waals surface area contributed by atoms with Crippen LogP contribution in [0.4, 0.5) is 0 Å².